The first kappa shape index (κ1) is 13.0. The molecule has 0 spiro atoms. The third kappa shape index (κ3) is 3.22. The Hall–Kier alpha value is -2.02. The normalized spacial score (nSPS) is 11.9. The fourth-order valence-electron chi connectivity index (χ4n) is 1.53. The highest BCUT2D eigenvalue weighted by Gasteiger charge is 2.13. The van der Waals surface area contributed by atoms with Gasteiger partial charge in [0.25, 0.3) is 5.69 Å². The van der Waals surface area contributed by atoms with Crippen molar-refractivity contribution < 1.29 is 4.92 Å². The second kappa shape index (κ2) is 5.35. The van der Waals surface area contributed by atoms with Gasteiger partial charge in [-0.25, -0.2) is 0 Å². The van der Waals surface area contributed by atoms with E-state index in [4.69, 9.17) is 6.42 Å². The topological polar surface area (TPSA) is 55.2 Å². The van der Waals surface area contributed by atoms with Crippen LogP contribution in [0.4, 0.5) is 11.4 Å². The number of terminal acetylenes is 1. The third-order valence-electron chi connectivity index (χ3n) is 2.56. The summed E-state index contributed by atoms with van der Waals surface area (Å²) in [7, 11) is 0. The maximum Gasteiger partial charge on any atom is 0.272 e. The minimum Gasteiger partial charge on any atom is -0.371 e. The van der Waals surface area contributed by atoms with Crippen molar-refractivity contribution >= 4 is 11.4 Å². The molecule has 0 saturated carbocycles. The lowest BCUT2D eigenvalue weighted by Crippen LogP contribution is -2.23. The lowest BCUT2D eigenvalue weighted by atomic mass is 10.0. The predicted molar refractivity (Wildman–Crippen MR) is 68.9 cm³/mol. The summed E-state index contributed by atoms with van der Waals surface area (Å²) in [5.74, 6) is 2.96. The minimum absolute atomic E-state index is 0.0733. The van der Waals surface area contributed by atoms with Crippen molar-refractivity contribution in [3.63, 3.8) is 0 Å². The molecule has 4 nitrogen and oxygen atoms in total. The van der Waals surface area contributed by atoms with Gasteiger partial charge in [-0.3, -0.25) is 10.1 Å². The van der Waals surface area contributed by atoms with Crippen molar-refractivity contribution in [2.45, 2.75) is 26.8 Å². The number of nitro benzene ring substituents is 1. The van der Waals surface area contributed by atoms with Crippen LogP contribution in [0.15, 0.2) is 18.2 Å². The van der Waals surface area contributed by atoms with E-state index in [1.54, 1.807) is 19.1 Å². The van der Waals surface area contributed by atoms with Crippen LogP contribution in [0.25, 0.3) is 0 Å². The summed E-state index contributed by atoms with van der Waals surface area (Å²) in [6, 6.07) is 4.84. The van der Waals surface area contributed by atoms with Gasteiger partial charge in [-0.15, -0.1) is 6.42 Å². The first-order chi connectivity index (χ1) is 7.95. The van der Waals surface area contributed by atoms with Crippen molar-refractivity contribution in [1.82, 2.24) is 0 Å². The van der Waals surface area contributed by atoms with E-state index < -0.39 is 0 Å². The van der Waals surface area contributed by atoms with Crippen molar-refractivity contribution in [2.75, 3.05) is 5.32 Å². The molecular formula is C13H16N2O2. The average molecular weight is 232 g/mol. The van der Waals surface area contributed by atoms with Gasteiger partial charge in [0, 0.05) is 17.3 Å². The van der Waals surface area contributed by atoms with Crippen LogP contribution >= 0.6 is 0 Å². The Kier molecular flexibility index (Phi) is 4.11. The summed E-state index contributed by atoms with van der Waals surface area (Å²) in [6.45, 7) is 5.76. The first-order valence-corrected chi connectivity index (χ1v) is 5.43. The Morgan fingerprint density at radius 3 is 2.53 bits per heavy atom. The molecule has 0 bridgehead atoms. The summed E-state index contributed by atoms with van der Waals surface area (Å²) >= 11 is 0. The van der Waals surface area contributed by atoms with Crippen LogP contribution in [-0.2, 0) is 0 Å². The standard InChI is InChI=1S/C13H16N2O2/c1-5-12(9(2)3)14-11-6-7-13(15(16)17)10(4)8-11/h1,6-9,12,14H,2-4H3. The molecule has 1 atom stereocenters. The fraction of sp³-hybridized carbons (Fsp3) is 0.385. The number of nitrogens with zero attached hydrogens (tertiary/aromatic N) is 1. The molecule has 0 aliphatic rings. The van der Waals surface area contributed by atoms with Gasteiger partial charge >= 0.3 is 0 Å². The van der Waals surface area contributed by atoms with Crippen molar-refractivity contribution in [2.24, 2.45) is 5.92 Å². The molecule has 1 unspecified atom stereocenters. The maximum atomic E-state index is 10.7. The summed E-state index contributed by atoms with van der Waals surface area (Å²) < 4.78 is 0. The number of hydrogen-bond acceptors (Lipinski definition) is 3. The number of aryl methyl sites for hydroxylation is 1. The van der Waals surface area contributed by atoms with Gasteiger partial charge in [-0.05, 0) is 25.0 Å². The molecule has 0 aromatic heterocycles. The van der Waals surface area contributed by atoms with Gasteiger partial charge in [0.2, 0.25) is 0 Å². The van der Waals surface area contributed by atoms with Gasteiger partial charge in [0.15, 0.2) is 0 Å². The summed E-state index contributed by atoms with van der Waals surface area (Å²) in [5.41, 5.74) is 1.56. The molecule has 1 rings (SSSR count). The van der Waals surface area contributed by atoms with E-state index in [9.17, 15) is 10.1 Å². The quantitative estimate of drug-likeness (QED) is 0.493. The molecule has 1 aromatic carbocycles. The number of hydrogen-bond donors (Lipinski definition) is 1. The monoisotopic (exact) mass is 232 g/mol. The highest BCUT2D eigenvalue weighted by Crippen LogP contribution is 2.22. The Morgan fingerprint density at radius 2 is 2.12 bits per heavy atom. The highest BCUT2D eigenvalue weighted by molar-refractivity contribution is 5.54. The lowest BCUT2D eigenvalue weighted by Gasteiger charge is -2.18. The van der Waals surface area contributed by atoms with Gasteiger partial charge < -0.3 is 5.32 Å². The lowest BCUT2D eigenvalue weighted by molar-refractivity contribution is -0.385. The van der Waals surface area contributed by atoms with E-state index in [-0.39, 0.29) is 16.7 Å². The van der Waals surface area contributed by atoms with E-state index in [0.29, 0.717) is 11.5 Å². The van der Waals surface area contributed by atoms with E-state index >= 15 is 0 Å². The molecule has 0 fully saturated rings. The maximum absolute atomic E-state index is 10.7. The van der Waals surface area contributed by atoms with Crippen LogP contribution in [0.3, 0.4) is 0 Å². The molecule has 0 heterocycles. The Morgan fingerprint density at radius 1 is 1.47 bits per heavy atom. The number of anilines is 1. The highest BCUT2D eigenvalue weighted by atomic mass is 16.6. The van der Waals surface area contributed by atoms with Crippen molar-refractivity contribution in [3.05, 3.63) is 33.9 Å². The second-order valence-corrected chi connectivity index (χ2v) is 4.29. The zero-order valence-corrected chi connectivity index (χ0v) is 10.2. The zero-order valence-electron chi connectivity index (χ0n) is 10.2. The van der Waals surface area contributed by atoms with Crippen LogP contribution in [-0.4, -0.2) is 11.0 Å². The number of benzene rings is 1. The summed E-state index contributed by atoms with van der Waals surface area (Å²) in [4.78, 5) is 10.3. The smallest absolute Gasteiger partial charge is 0.272 e. The Balaban J connectivity index is 2.92. The fourth-order valence-corrected chi connectivity index (χ4v) is 1.53. The van der Waals surface area contributed by atoms with Gasteiger partial charge in [0.05, 0.1) is 11.0 Å². The van der Waals surface area contributed by atoms with E-state index in [1.807, 2.05) is 13.8 Å². The van der Waals surface area contributed by atoms with Crippen molar-refractivity contribution in [1.29, 1.82) is 0 Å². The molecule has 0 amide bonds. The largest absolute Gasteiger partial charge is 0.371 e. The molecule has 0 aliphatic carbocycles. The van der Waals surface area contributed by atoms with E-state index in [1.165, 1.54) is 6.07 Å². The third-order valence-corrected chi connectivity index (χ3v) is 2.56. The first-order valence-electron chi connectivity index (χ1n) is 5.43. The molecule has 4 heteroatoms. The molecule has 0 aliphatic heterocycles. The molecular weight excluding hydrogens is 216 g/mol. The molecule has 90 valence electrons. The predicted octanol–water partition coefficient (Wildman–Crippen LogP) is 2.97. The van der Waals surface area contributed by atoms with Gasteiger partial charge in [-0.2, -0.15) is 0 Å². The van der Waals surface area contributed by atoms with E-state index in [0.717, 1.165) is 5.69 Å². The molecule has 1 N–H and O–H groups in total. The van der Waals surface area contributed by atoms with Crippen LogP contribution in [0.1, 0.15) is 19.4 Å². The Bertz CT molecular complexity index is 461. The summed E-state index contributed by atoms with van der Waals surface area (Å²) in [6.07, 6.45) is 5.42. The van der Waals surface area contributed by atoms with Gasteiger partial charge in [-0.1, -0.05) is 19.8 Å². The molecule has 17 heavy (non-hydrogen) atoms. The number of nitro groups is 1. The number of rotatable bonds is 4. The Labute approximate surface area is 101 Å². The SMILES string of the molecule is C#CC(Nc1ccc([N+](=O)[O-])c(C)c1)C(C)C. The number of nitrogens with one attached hydrogen (secondary N) is 1. The van der Waals surface area contributed by atoms with Gasteiger partial charge in [0.1, 0.15) is 0 Å². The molecule has 0 saturated heterocycles. The minimum atomic E-state index is -0.389. The van der Waals surface area contributed by atoms with Crippen LogP contribution < -0.4 is 5.32 Å². The summed E-state index contributed by atoms with van der Waals surface area (Å²) in [5, 5.41) is 13.8. The van der Waals surface area contributed by atoms with Crippen LogP contribution in [0, 0.1) is 35.3 Å². The van der Waals surface area contributed by atoms with Crippen LogP contribution in [0.5, 0.6) is 0 Å². The molecule has 1 aromatic rings. The van der Waals surface area contributed by atoms with Crippen LogP contribution in [0.2, 0.25) is 0 Å². The van der Waals surface area contributed by atoms with E-state index in [2.05, 4.69) is 11.2 Å². The average Bonchev–Trinajstić information content (AvgIpc) is 2.24. The second-order valence-electron chi connectivity index (χ2n) is 4.29. The molecule has 0 radical (unpaired) electrons. The zero-order chi connectivity index (χ0) is 13.0. The van der Waals surface area contributed by atoms with Crippen molar-refractivity contribution in [3.8, 4) is 12.3 Å².